The van der Waals surface area contributed by atoms with Crippen molar-refractivity contribution in [3.63, 3.8) is 0 Å². The second-order valence-electron chi connectivity index (χ2n) is 4.58. The number of nitrogens with two attached hydrogens (primary N) is 1. The summed E-state index contributed by atoms with van der Waals surface area (Å²) in [5.41, 5.74) is 2.00. The summed E-state index contributed by atoms with van der Waals surface area (Å²) < 4.78 is 22.6. The molecular weight excluding hydrogens is 274 g/mol. The van der Waals surface area contributed by atoms with Gasteiger partial charge in [0, 0.05) is 25.0 Å². The van der Waals surface area contributed by atoms with Crippen molar-refractivity contribution in [2.75, 3.05) is 0 Å². The molecule has 0 saturated carbocycles. The number of pyridine rings is 1. The molecular formula is C14H17N3O2S. The van der Waals surface area contributed by atoms with Gasteiger partial charge < -0.3 is 5.32 Å². The average Bonchev–Trinajstić information content (AvgIpc) is 2.45. The lowest BCUT2D eigenvalue weighted by Gasteiger charge is -2.14. The minimum atomic E-state index is -3.65. The maximum absolute atomic E-state index is 11.3. The molecule has 3 N–H and O–H groups in total. The molecule has 0 radical (unpaired) electrons. The number of nitrogens with one attached hydrogen (secondary N) is 1. The van der Waals surface area contributed by atoms with E-state index in [1.165, 1.54) is 6.07 Å². The van der Waals surface area contributed by atoms with E-state index in [4.69, 9.17) is 5.14 Å². The standard InChI is InChI=1S/C14H17N3O2S/c1-11(13-5-7-16-8-6-13)17-10-12-3-2-4-14(9-12)20(15,18)19/h2-9,11,17H,10H2,1H3,(H2,15,18,19). The second-order valence-corrected chi connectivity index (χ2v) is 6.14. The van der Waals surface area contributed by atoms with Gasteiger partial charge in [-0.15, -0.1) is 0 Å². The summed E-state index contributed by atoms with van der Waals surface area (Å²) in [7, 11) is -3.65. The molecule has 0 aliphatic heterocycles. The first-order chi connectivity index (χ1) is 9.47. The number of primary sulfonamides is 1. The van der Waals surface area contributed by atoms with E-state index in [9.17, 15) is 8.42 Å². The Morgan fingerprint density at radius 1 is 1.25 bits per heavy atom. The third kappa shape index (κ3) is 3.86. The van der Waals surface area contributed by atoms with Gasteiger partial charge in [0.25, 0.3) is 0 Å². The molecule has 5 nitrogen and oxygen atoms in total. The summed E-state index contributed by atoms with van der Waals surface area (Å²) >= 11 is 0. The van der Waals surface area contributed by atoms with Crippen molar-refractivity contribution < 1.29 is 8.42 Å². The van der Waals surface area contributed by atoms with Crippen LogP contribution in [0.4, 0.5) is 0 Å². The van der Waals surface area contributed by atoms with E-state index in [-0.39, 0.29) is 10.9 Å². The Bertz CT molecular complexity index is 672. The van der Waals surface area contributed by atoms with Crippen LogP contribution in [-0.2, 0) is 16.6 Å². The van der Waals surface area contributed by atoms with Gasteiger partial charge in [-0.2, -0.15) is 0 Å². The van der Waals surface area contributed by atoms with E-state index in [0.717, 1.165) is 11.1 Å². The molecule has 0 bridgehead atoms. The first-order valence-corrected chi connectivity index (χ1v) is 7.76. The van der Waals surface area contributed by atoms with Crippen molar-refractivity contribution >= 4 is 10.0 Å². The predicted octanol–water partition coefficient (Wildman–Crippen LogP) is 1.58. The van der Waals surface area contributed by atoms with E-state index in [1.54, 1.807) is 24.5 Å². The van der Waals surface area contributed by atoms with Crippen molar-refractivity contribution in [1.82, 2.24) is 10.3 Å². The lowest BCUT2D eigenvalue weighted by atomic mass is 10.1. The summed E-state index contributed by atoms with van der Waals surface area (Å²) in [6.07, 6.45) is 3.49. The van der Waals surface area contributed by atoms with Crippen LogP contribution in [0.5, 0.6) is 0 Å². The highest BCUT2D eigenvalue weighted by Crippen LogP contribution is 2.13. The van der Waals surface area contributed by atoms with Crippen LogP contribution in [0.3, 0.4) is 0 Å². The smallest absolute Gasteiger partial charge is 0.238 e. The third-order valence-corrected chi connectivity index (χ3v) is 3.96. The molecule has 2 aromatic rings. The zero-order chi connectivity index (χ0) is 14.6. The molecule has 1 atom stereocenters. The lowest BCUT2D eigenvalue weighted by molar-refractivity contribution is 0.573. The van der Waals surface area contributed by atoms with Crippen LogP contribution in [0.25, 0.3) is 0 Å². The fourth-order valence-electron chi connectivity index (χ4n) is 1.87. The van der Waals surface area contributed by atoms with Crippen LogP contribution in [0.2, 0.25) is 0 Å². The van der Waals surface area contributed by atoms with Gasteiger partial charge in [-0.05, 0) is 42.3 Å². The van der Waals surface area contributed by atoms with Gasteiger partial charge in [-0.1, -0.05) is 12.1 Å². The highest BCUT2D eigenvalue weighted by Gasteiger charge is 2.09. The molecule has 1 aromatic heterocycles. The van der Waals surface area contributed by atoms with Crippen LogP contribution in [0, 0.1) is 0 Å². The molecule has 0 aliphatic carbocycles. The molecule has 1 heterocycles. The monoisotopic (exact) mass is 291 g/mol. The zero-order valence-corrected chi connectivity index (χ0v) is 12.0. The number of aromatic nitrogens is 1. The molecule has 106 valence electrons. The molecule has 1 aromatic carbocycles. The van der Waals surface area contributed by atoms with Crippen LogP contribution >= 0.6 is 0 Å². The lowest BCUT2D eigenvalue weighted by Crippen LogP contribution is -2.18. The molecule has 0 aliphatic rings. The van der Waals surface area contributed by atoms with Crippen LogP contribution in [0.1, 0.15) is 24.1 Å². The van der Waals surface area contributed by atoms with Gasteiger partial charge in [-0.25, -0.2) is 13.6 Å². The van der Waals surface area contributed by atoms with Gasteiger partial charge >= 0.3 is 0 Å². The number of nitrogens with zero attached hydrogens (tertiary/aromatic N) is 1. The fraction of sp³-hybridized carbons (Fsp3) is 0.214. The van der Waals surface area contributed by atoms with Gasteiger partial charge in [-0.3, -0.25) is 4.98 Å². The summed E-state index contributed by atoms with van der Waals surface area (Å²) in [4.78, 5) is 4.11. The number of sulfonamides is 1. The van der Waals surface area contributed by atoms with Crippen molar-refractivity contribution in [2.45, 2.75) is 24.4 Å². The van der Waals surface area contributed by atoms with Gasteiger partial charge in [0.2, 0.25) is 10.0 Å². The molecule has 6 heteroatoms. The molecule has 20 heavy (non-hydrogen) atoms. The Morgan fingerprint density at radius 3 is 2.60 bits per heavy atom. The molecule has 0 amide bonds. The third-order valence-electron chi connectivity index (χ3n) is 3.05. The van der Waals surface area contributed by atoms with Crippen LogP contribution < -0.4 is 10.5 Å². The molecule has 0 saturated heterocycles. The predicted molar refractivity (Wildman–Crippen MR) is 77.3 cm³/mol. The second kappa shape index (κ2) is 6.13. The SMILES string of the molecule is CC(NCc1cccc(S(N)(=O)=O)c1)c1ccncc1. The van der Waals surface area contributed by atoms with E-state index in [0.29, 0.717) is 6.54 Å². The zero-order valence-electron chi connectivity index (χ0n) is 11.2. The van der Waals surface area contributed by atoms with Crippen molar-refractivity contribution in [1.29, 1.82) is 0 Å². The summed E-state index contributed by atoms with van der Waals surface area (Å²) in [6.45, 7) is 2.60. The Hall–Kier alpha value is -1.76. The Labute approximate surface area is 118 Å². The highest BCUT2D eigenvalue weighted by atomic mass is 32.2. The van der Waals surface area contributed by atoms with Crippen LogP contribution in [0.15, 0.2) is 53.7 Å². The Balaban J connectivity index is 2.05. The van der Waals surface area contributed by atoms with E-state index in [2.05, 4.69) is 10.3 Å². The molecule has 1 unspecified atom stereocenters. The quantitative estimate of drug-likeness (QED) is 0.876. The largest absolute Gasteiger partial charge is 0.306 e. The molecule has 2 rings (SSSR count). The first-order valence-electron chi connectivity index (χ1n) is 6.22. The normalized spacial score (nSPS) is 13.1. The van der Waals surface area contributed by atoms with Crippen molar-refractivity contribution in [3.8, 4) is 0 Å². The Kier molecular flexibility index (Phi) is 4.49. The number of hydrogen-bond acceptors (Lipinski definition) is 4. The fourth-order valence-corrected chi connectivity index (χ4v) is 2.46. The minimum absolute atomic E-state index is 0.133. The Morgan fingerprint density at radius 2 is 1.95 bits per heavy atom. The summed E-state index contributed by atoms with van der Waals surface area (Å²) in [5.74, 6) is 0. The molecule has 0 spiro atoms. The molecule has 0 fully saturated rings. The van der Waals surface area contributed by atoms with Gasteiger partial charge in [0.1, 0.15) is 0 Å². The van der Waals surface area contributed by atoms with Gasteiger partial charge in [0.15, 0.2) is 0 Å². The van der Waals surface area contributed by atoms with E-state index < -0.39 is 10.0 Å². The maximum atomic E-state index is 11.3. The minimum Gasteiger partial charge on any atom is -0.306 e. The maximum Gasteiger partial charge on any atom is 0.238 e. The van der Waals surface area contributed by atoms with Crippen molar-refractivity contribution in [2.24, 2.45) is 5.14 Å². The average molecular weight is 291 g/mol. The van der Waals surface area contributed by atoms with E-state index in [1.807, 2.05) is 25.1 Å². The van der Waals surface area contributed by atoms with Crippen LogP contribution in [-0.4, -0.2) is 13.4 Å². The highest BCUT2D eigenvalue weighted by molar-refractivity contribution is 7.89. The number of benzene rings is 1. The number of hydrogen-bond donors (Lipinski definition) is 2. The topological polar surface area (TPSA) is 85.1 Å². The first kappa shape index (κ1) is 14.6. The van der Waals surface area contributed by atoms with E-state index >= 15 is 0 Å². The number of rotatable bonds is 5. The summed E-state index contributed by atoms with van der Waals surface area (Å²) in [6, 6.07) is 10.7. The summed E-state index contributed by atoms with van der Waals surface area (Å²) in [5, 5.41) is 8.45. The van der Waals surface area contributed by atoms with Gasteiger partial charge in [0.05, 0.1) is 4.90 Å². The van der Waals surface area contributed by atoms with Crippen molar-refractivity contribution in [3.05, 3.63) is 59.9 Å².